The minimum atomic E-state index is -0.649. The van der Waals surface area contributed by atoms with E-state index in [4.69, 9.17) is 9.47 Å². The molecule has 0 spiro atoms. The Labute approximate surface area is 480 Å². The molecule has 8 rings (SSSR count). The molecule has 6 N–H and O–H groups in total. The van der Waals surface area contributed by atoms with Crippen LogP contribution in [0.1, 0.15) is 124 Å². The Balaban J connectivity index is 0.747. The number of aromatic nitrogens is 4. The number of carbonyl (C=O) groups is 6. The van der Waals surface area contributed by atoms with Gasteiger partial charge in [-0.05, 0) is 138 Å². The fourth-order valence-electron chi connectivity index (χ4n) is 10.9. The molecule has 20 heteroatoms. The van der Waals surface area contributed by atoms with Gasteiger partial charge in [0.1, 0.15) is 12.1 Å². The van der Waals surface area contributed by atoms with Crippen LogP contribution in [0.5, 0.6) is 0 Å². The summed E-state index contributed by atoms with van der Waals surface area (Å²) >= 11 is 0. The lowest BCUT2D eigenvalue weighted by Crippen LogP contribution is -2.54. The molecule has 6 aromatic rings. The normalized spacial score (nSPS) is 16.9. The molecule has 2 saturated heterocycles. The van der Waals surface area contributed by atoms with Gasteiger partial charge in [-0.3, -0.25) is 38.7 Å². The number of rotatable bonds is 27. The summed E-state index contributed by atoms with van der Waals surface area (Å²) in [4.78, 5) is 93.4. The smallest absolute Gasteiger partial charge is 0.251 e. The van der Waals surface area contributed by atoms with Crippen LogP contribution in [0.4, 0.5) is 0 Å². The third-order valence-electron chi connectivity index (χ3n) is 15.8. The van der Waals surface area contributed by atoms with Gasteiger partial charge in [0.2, 0.25) is 23.6 Å². The maximum atomic E-state index is 14.0. The number of carbonyl (C=O) groups excluding carboxylic acids is 6. The number of benzene rings is 2. The van der Waals surface area contributed by atoms with Crippen molar-refractivity contribution in [3.8, 4) is 11.4 Å². The van der Waals surface area contributed by atoms with E-state index in [0.717, 1.165) is 70.0 Å². The Hall–Kier alpha value is -7.52. The molecule has 2 aliphatic heterocycles. The van der Waals surface area contributed by atoms with Gasteiger partial charge in [-0.15, -0.1) is 0 Å². The topological polar surface area (TPSA) is 235 Å². The van der Waals surface area contributed by atoms with Crippen LogP contribution < -0.4 is 31.9 Å². The number of fused-ring (bicyclic) bond motifs is 2. The monoisotopic (exact) mass is 1120 g/mol. The maximum absolute atomic E-state index is 14.0. The van der Waals surface area contributed by atoms with E-state index in [9.17, 15) is 28.8 Å². The Morgan fingerprint density at radius 3 is 1.37 bits per heavy atom. The first-order valence-corrected chi connectivity index (χ1v) is 29.0. The van der Waals surface area contributed by atoms with Gasteiger partial charge < -0.3 is 60.3 Å². The predicted octanol–water partition coefficient (Wildman–Crippen LogP) is 6.16. The van der Waals surface area contributed by atoms with E-state index in [1.54, 1.807) is 52.7 Å². The number of hydrogen-bond acceptors (Lipinski definition) is 12. The van der Waals surface area contributed by atoms with Crippen molar-refractivity contribution in [1.82, 2.24) is 60.8 Å². The third-order valence-corrected chi connectivity index (χ3v) is 15.8. The molecule has 0 unspecified atom stereocenters. The standard InChI is InChI=1S/C62H82N12O8/c1-39(2)55(69-57(75)41(5)63-7)61(79)73-25-11-19-51(73)43-33-45(37-65-35-43)71-27-21-47-49(15-9-17-53(47)71)59(77)67-23-13-29-81-31-32-82-30-14-24-68-60(78)50-16-10-18-54-48(50)22-28-72(54)46-34-44(36-66-38-46)52-20-12-26-74(52)62(80)56(40(3)4)70-58(76)42(6)64-8/h9-10,15-18,21-22,27-28,33-42,51-52,55-56,63-64H,11-14,19-20,23-26,29-32H2,1-8H3,(H,67,77)(H,68,78)(H,69,75)(H,70,76)/t41-,42-,51-,52-,55-,56-/m0/s1. The number of likely N-dealkylation sites (N-methyl/N-ethyl adjacent to an activating group) is 2. The van der Waals surface area contributed by atoms with Crippen LogP contribution in [0.2, 0.25) is 0 Å². The lowest BCUT2D eigenvalue weighted by atomic mass is 10.00. The summed E-state index contributed by atoms with van der Waals surface area (Å²) in [6, 6.07) is 16.8. The third kappa shape index (κ3) is 14.2. The number of hydrogen-bond donors (Lipinski definition) is 6. The molecule has 6 heterocycles. The molecule has 20 nitrogen and oxygen atoms in total. The lowest BCUT2D eigenvalue weighted by molar-refractivity contribution is -0.139. The number of nitrogens with zero attached hydrogens (tertiary/aromatic N) is 6. The summed E-state index contributed by atoms with van der Waals surface area (Å²) < 4.78 is 15.6. The van der Waals surface area contributed by atoms with Crippen LogP contribution in [0, 0.1) is 11.8 Å². The molecule has 82 heavy (non-hydrogen) atoms. The Bertz CT molecular complexity index is 2980. The van der Waals surface area contributed by atoms with Crippen LogP contribution in [0.3, 0.4) is 0 Å². The Morgan fingerprint density at radius 2 is 0.976 bits per heavy atom. The minimum absolute atomic E-state index is 0.0939. The second kappa shape index (κ2) is 28.5. The highest BCUT2D eigenvalue weighted by molar-refractivity contribution is 6.08. The van der Waals surface area contributed by atoms with Crippen molar-refractivity contribution in [3.63, 3.8) is 0 Å². The average Bonchev–Trinajstić information content (AvgIpc) is 4.29. The number of nitrogens with one attached hydrogen (secondary N) is 6. The average molecular weight is 1120 g/mol. The first-order valence-electron chi connectivity index (χ1n) is 29.0. The van der Waals surface area contributed by atoms with E-state index in [1.165, 1.54) is 0 Å². The maximum Gasteiger partial charge on any atom is 0.251 e. The molecule has 0 saturated carbocycles. The minimum Gasteiger partial charge on any atom is -0.379 e. The molecule has 2 fully saturated rings. The van der Waals surface area contributed by atoms with Crippen molar-refractivity contribution in [2.45, 2.75) is 116 Å². The lowest BCUT2D eigenvalue weighted by Gasteiger charge is -2.32. The predicted molar refractivity (Wildman–Crippen MR) is 316 cm³/mol. The first kappa shape index (κ1) is 60.6. The van der Waals surface area contributed by atoms with Crippen LogP contribution in [0.15, 0.2) is 97.8 Å². The molecule has 2 aliphatic rings. The van der Waals surface area contributed by atoms with Crippen LogP contribution in [-0.2, 0) is 28.7 Å². The van der Waals surface area contributed by atoms with Gasteiger partial charge in [-0.2, -0.15) is 0 Å². The van der Waals surface area contributed by atoms with Crippen LogP contribution in [0.25, 0.3) is 33.2 Å². The molecule has 6 amide bonds. The molecule has 0 bridgehead atoms. The van der Waals surface area contributed by atoms with Crippen molar-refractivity contribution < 1.29 is 38.2 Å². The number of pyridine rings is 2. The summed E-state index contributed by atoms with van der Waals surface area (Å²) in [6.07, 6.45) is 15.5. The highest BCUT2D eigenvalue weighted by Crippen LogP contribution is 2.36. The van der Waals surface area contributed by atoms with E-state index in [2.05, 4.69) is 54.0 Å². The SMILES string of the molecule is CN[C@@H](C)C(=O)N[C@H](C(=O)N1CCC[C@H]1c1cncc(-n2ccc3c(C(=O)NCCCOCCOCCCNC(=O)c4cccc5c4ccn5-c4cncc([C@@H]5CCCN5C(=O)[C@@H](NC(=O)[C@H](C)NC)C(C)C)c4)cccc32)c1)C(C)C. The number of amides is 6. The van der Waals surface area contributed by atoms with Crippen LogP contribution >= 0.6 is 0 Å². The van der Waals surface area contributed by atoms with Gasteiger partial charge in [-0.1, -0.05) is 39.8 Å². The summed E-state index contributed by atoms with van der Waals surface area (Å²) in [5.41, 5.74) is 6.27. The van der Waals surface area contributed by atoms with Crippen LogP contribution in [-0.4, -0.2) is 155 Å². The molecule has 0 radical (unpaired) electrons. The van der Waals surface area contributed by atoms with Gasteiger partial charge >= 0.3 is 0 Å². The zero-order valence-corrected chi connectivity index (χ0v) is 48.7. The summed E-state index contributed by atoms with van der Waals surface area (Å²) in [5.74, 6) is -1.18. The van der Waals surface area contributed by atoms with Gasteiger partial charge in [0.25, 0.3) is 11.8 Å². The largest absolute Gasteiger partial charge is 0.379 e. The highest BCUT2D eigenvalue weighted by atomic mass is 16.5. The van der Waals surface area contributed by atoms with E-state index in [0.29, 0.717) is 76.6 Å². The van der Waals surface area contributed by atoms with E-state index in [1.807, 2.05) is 108 Å². The summed E-state index contributed by atoms with van der Waals surface area (Å²) in [6.45, 7) is 15.0. The van der Waals surface area contributed by atoms with Crippen molar-refractivity contribution in [1.29, 1.82) is 0 Å². The van der Waals surface area contributed by atoms with Gasteiger partial charge in [-0.25, -0.2) is 0 Å². The van der Waals surface area contributed by atoms with Gasteiger partial charge in [0.15, 0.2) is 0 Å². The molecule has 0 aliphatic carbocycles. The van der Waals surface area contributed by atoms with E-state index in [-0.39, 0.29) is 59.4 Å². The Morgan fingerprint density at radius 1 is 0.561 bits per heavy atom. The van der Waals surface area contributed by atoms with E-state index < -0.39 is 24.2 Å². The molecule has 6 atom stereocenters. The van der Waals surface area contributed by atoms with Crippen molar-refractivity contribution in [2.24, 2.45) is 11.8 Å². The fraction of sp³-hybridized carbons (Fsp3) is 0.484. The second-order valence-corrected chi connectivity index (χ2v) is 22.1. The van der Waals surface area contributed by atoms with Gasteiger partial charge in [0.05, 0.1) is 72.2 Å². The Kier molecular flexibility index (Phi) is 21.0. The molecular weight excluding hydrogens is 1040 g/mol. The molecular formula is C62H82N12O8. The van der Waals surface area contributed by atoms with Crippen molar-refractivity contribution in [3.05, 3.63) is 120 Å². The number of ether oxygens (including phenoxy) is 2. The van der Waals surface area contributed by atoms with Crippen molar-refractivity contribution in [2.75, 3.05) is 66.7 Å². The van der Waals surface area contributed by atoms with Crippen molar-refractivity contribution >= 4 is 57.2 Å². The second-order valence-electron chi connectivity index (χ2n) is 22.1. The van der Waals surface area contributed by atoms with Gasteiger partial charge in [0, 0.05) is 86.1 Å². The first-order chi connectivity index (χ1) is 39.6. The number of likely N-dealkylation sites (tertiary alicyclic amines) is 2. The molecule has 438 valence electrons. The zero-order valence-electron chi connectivity index (χ0n) is 48.7. The fourth-order valence-corrected chi connectivity index (χ4v) is 10.9. The quantitative estimate of drug-likeness (QED) is 0.0318. The summed E-state index contributed by atoms with van der Waals surface area (Å²) in [7, 11) is 3.43. The molecule has 2 aromatic carbocycles. The summed E-state index contributed by atoms with van der Waals surface area (Å²) in [5, 5.41) is 19.5. The molecule has 4 aromatic heterocycles. The highest BCUT2D eigenvalue weighted by Gasteiger charge is 2.38. The van der Waals surface area contributed by atoms with E-state index >= 15 is 0 Å². The zero-order chi connectivity index (χ0) is 58.5.